The highest BCUT2D eigenvalue weighted by Gasteiger charge is 2.56. The minimum atomic E-state index is -0.445. The molecular formula is C21H22N2O3S. The van der Waals surface area contributed by atoms with Crippen LogP contribution in [-0.2, 0) is 21.0 Å². The number of benzene rings is 2. The van der Waals surface area contributed by atoms with Gasteiger partial charge in [0.2, 0.25) is 11.8 Å². The van der Waals surface area contributed by atoms with Crippen LogP contribution < -0.4 is 10.1 Å². The zero-order valence-corrected chi connectivity index (χ0v) is 16.0. The summed E-state index contributed by atoms with van der Waals surface area (Å²) < 4.78 is 5.34. The highest BCUT2D eigenvalue weighted by Crippen LogP contribution is 2.54. The summed E-state index contributed by atoms with van der Waals surface area (Å²) in [4.78, 5) is 27.0. The van der Waals surface area contributed by atoms with E-state index in [1.165, 1.54) is 0 Å². The summed E-state index contributed by atoms with van der Waals surface area (Å²) in [6.45, 7) is 0.379. The molecule has 4 rings (SSSR count). The molecule has 2 aromatic rings. The molecule has 1 N–H and O–H groups in total. The molecule has 2 aliphatic heterocycles. The molecule has 0 aliphatic carbocycles. The first-order chi connectivity index (χ1) is 13.2. The average Bonchev–Trinajstić information content (AvgIpc) is 3.26. The number of thioether (sulfide) groups is 1. The van der Waals surface area contributed by atoms with Crippen molar-refractivity contribution in [3.05, 3.63) is 65.7 Å². The van der Waals surface area contributed by atoms with Gasteiger partial charge in [-0.05, 0) is 18.1 Å². The highest BCUT2D eigenvalue weighted by molar-refractivity contribution is 8.00. The summed E-state index contributed by atoms with van der Waals surface area (Å²) in [6, 6.07) is 17.2. The molecule has 6 heteroatoms. The normalized spacial score (nSPS) is 24.0. The highest BCUT2D eigenvalue weighted by atomic mass is 32.2. The smallest absolute Gasteiger partial charge is 0.244 e. The van der Waals surface area contributed by atoms with Crippen molar-refractivity contribution in [2.45, 2.75) is 30.3 Å². The third-order valence-electron chi connectivity index (χ3n) is 5.30. The van der Waals surface area contributed by atoms with Crippen LogP contribution in [0.1, 0.15) is 24.0 Å². The fourth-order valence-electron chi connectivity index (χ4n) is 3.98. The number of hydrogen-bond donors (Lipinski definition) is 1. The lowest BCUT2D eigenvalue weighted by atomic mass is 10.0. The van der Waals surface area contributed by atoms with Crippen LogP contribution in [0, 0.1) is 0 Å². The Morgan fingerprint density at radius 2 is 1.96 bits per heavy atom. The van der Waals surface area contributed by atoms with Gasteiger partial charge in [0.25, 0.3) is 0 Å². The van der Waals surface area contributed by atoms with Crippen molar-refractivity contribution in [3.8, 4) is 5.75 Å². The molecule has 0 bridgehead atoms. The first kappa shape index (κ1) is 17.9. The largest absolute Gasteiger partial charge is 0.496 e. The van der Waals surface area contributed by atoms with E-state index in [0.29, 0.717) is 18.7 Å². The molecule has 2 aliphatic rings. The maximum absolute atomic E-state index is 12.9. The number of nitrogens with one attached hydrogen (secondary N) is 1. The maximum Gasteiger partial charge on any atom is 0.244 e. The molecule has 2 saturated heterocycles. The molecule has 0 spiro atoms. The van der Waals surface area contributed by atoms with Crippen molar-refractivity contribution < 1.29 is 14.3 Å². The summed E-state index contributed by atoms with van der Waals surface area (Å²) in [5.41, 5.74) is 2.02. The summed E-state index contributed by atoms with van der Waals surface area (Å²) in [5.74, 6) is 1.30. The van der Waals surface area contributed by atoms with E-state index in [9.17, 15) is 9.59 Å². The molecular weight excluding hydrogens is 360 g/mol. The monoisotopic (exact) mass is 382 g/mol. The van der Waals surface area contributed by atoms with E-state index in [0.717, 1.165) is 23.3 Å². The SMILES string of the molecule is COc1ccccc1CNC(=O)[C@H]1CS[C@]2(c3ccccc3)CCC(=O)N12. The Balaban J connectivity index is 1.53. The summed E-state index contributed by atoms with van der Waals surface area (Å²) in [7, 11) is 1.62. The van der Waals surface area contributed by atoms with Crippen molar-refractivity contribution >= 4 is 23.6 Å². The van der Waals surface area contributed by atoms with Gasteiger partial charge in [-0.25, -0.2) is 0 Å². The van der Waals surface area contributed by atoms with Crippen molar-refractivity contribution in [2.24, 2.45) is 0 Å². The topological polar surface area (TPSA) is 58.6 Å². The van der Waals surface area contributed by atoms with Crippen LogP contribution in [0.25, 0.3) is 0 Å². The van der Waals surface area contributed by atoms with Crippen molar-refractivity contribution in [2.75, 3.05) is 12.9 Å². The number of carbonyl (C=O) groups excluding carboxylic acids is 2. The maximum atomic E-state index is 12.9. The van der Waals surface area contributed by atoms with Gasteiger partial charge in [0.05, 0.1) is 7.11 Å². The molecule has 27 heavy (non-hydrogen) atoms. The van der Waals surface area contributed by atoms with Crippen LogP contribution in [0.3, 0.4) is 0 Å². The zero-order valence-electron chi connectivity index (χ0n) is 15.2. The number of amides is 2. The standard InChI is InChI=1S/C21H22N2O3S/c1-26-18-10-6-5-7-15(18)13-22-20(25)17-14-27-21(12-11-19(24)23(17)21)16-8-3-2-4-9-16/h2-10,17H,11-14H2,1H3,(H,22,25)/t17-,21+/m1/s1. The van der Waals surface area contributed by atoms with E-state index < -0.39 is 10.9 Å². The number of para-hydroxylation sites is 1. The van der Waals surface area contributed by atoms with E-state index in [1.807, 2.05) is 59.5 Å². The van der Waals surface area contributed by atoms with Gasteiger partial charge in [0.1, 0.15) is 16.7 Å². The van der Waals surface area contributed by atoms with Crippen LogP contribution in [0.5, 0.6) is 5.75 Å². The molecule has 2 aromatic carbocycles. The van der Waals surface area contributed by atoms with E-state index in [4.69, 9.17) is 4.74 Å². The molecule has 2 amide bonds. The van der Waals surface area contributed by atoms with Gasteiger partial charge in [0, 0.05) is 24.3 Å². The van der Waals surface area contributed by atoms with Crippen molar-refractivity contribution in [1.29, 1.82) is 0 Å². The van der Waals surface area contributed by atoms with Crippen molar-refractivity contribution in [3.63, 3.8) is 0 Å². The van der Waals surface area contributed by atoms with Crippen LogP contribution in [0.2, 0.25) is 0 Å². The second-order valence-electron chi connectivity index (χ2n) is 6.77. The number of rotatable bonds is 5. The summed E-state index contributed by atoms with van der Waals surface area (Å²) in [5, 5.41) is 2.99. The predicted molar refractivity (Wildman–Crippen MR) is 105 cm³/mol. The Bertz CT molecular complexity index is 858. The second kappa shape index (κ2) is 7.27. The van der Waals surface area contributed by atoms with E-state index in [2.05, 4.69) is 5.32 Å². The number of nitrogens with zero attached hydrogens (tertiary/aromatic N) is 1. The van der Waals surface area contributed by atoms with Gasteiger partial charge < -0.3 is 15.0 Å². The molecule has 0 radical (unpaired) electrons. The lowest BCUT2D eigenvalue weighted by molar-refractivity contribution is -0.138. The summed E-state index contributed by atoms with van der Waals surface area (Å²) in [6.07, 6.45) is 1.23. The van der Waals surface area contributed by atoms with E-state index in [1.54, 1.807) is 18.9 Å². The molecule has 0 unspecified atom stereocenters. The zero-order chi connectivity index (χ0) is 18.9. The van der Waals surface area contributed by atoms with Gasteiger partial charge in [0.15, 0.2) is 0 Å². The van der Waals surface area contributed by atoms with E-state index in [-0.39, 0.29) is 11.8 Å². The van der Waals surface area contributed by atoms with Gasteiger partial charge in [-0.1, -0.05) is 48.5 Å². The third-order valence-corrected chi connectivity index (χ3v) is 6.90. The van der Waals surface area contributed by atoms with Gasteiger partial charge in [-0.3, -0.25) is 9.59 Å². The van der Waals surface area contributed by atoms with Crippen LogP contribution in [-0.4, -0.2) is 35.6 Å². The average molecular weight is 382 g/mol. The Morgan fingerprint density at radius 1 is 1.22 bits per heavy atom. The minimum absolute atomic E-state index is 0.0568. The fraction of sp³-hybridized carbons (Fsp3) is 0.333. The van der Waals surface area contributed by atoms with Gasteiger partial charge >= 0.3 is 0 Å². The Hall–Kier alpha value is -2.47. The molecule has 0 aromatic heterocycles. The van der Waals surface area contributed by atoms with Gasteiger partial charge in [-0.2, -0.15) is 0 Å². The predicted octanol–water partition coefficient (Wildman–Crippen LogP) is 2.90. The number of ether oxygens (including phenoxy) is 1. The quantitative estimate of drug-likeness (QED) is 0.864. The van der Waals surface area contributed by atoms with Gasteiger partial charge in [-0.15, -0.1) is 11.8 Å². The molecule has 2 heterocycles. The first-order valence-electron chi connectivity index (χ1n) is 9.07. The van der Waals surface area contributed by atoms with E-state index >= 15 is 0 Å². The molecule has 2 fully saturated rings. The summed E-state index contributed by atoms with van der Waals surface area (Å²) >= 11 is 1.70. The Labute approximate surface area is 163 Å². The first-order valence-corrected chi connectivity index (χ1v) is 10.1. The fourth-order valence-corrected chi connectivity index (χ4v) is 5.64. The molecule has 5 nitrogen and oxygen atoms in total. The minimum Gasteiger partial charge on any atom is -0.496 e. The lowest BCUT2D eigenvalue weighted by Crippen LogP contribution is -2.49. The lowest BCUT2D eigenvalue weighted by Gasteiger charge is -2.34. The third kappa shape index (κ3) is 3.08. The number of methoxy groups -OCH3 is 1. The van der Waals surface area contributed by atoms with Crippen LogP contribution in [0.15, 0.2) is 54.6 Å². The number of carbonyl (C=O) groups is 2. The second-order valence-corrected chi connectivity index (χ2v) is 8.07. The molecule has 0 saturated carbocycles. The number of hydrogen-bond acceptors (Lipinski definition) is 4. The van der Waals surface area contributed by atoms with Crippen LogP contribution in [0.4, 0.5) is 0 Å². The Morgan fingerprint density at radius 3 is 2.74 bits per heavy atom. The van der Waals surface area contributed by atoms with Crippen LogP contribution >= 0.6 is 11.8 Å². The Kier molecular flexibility index (Phi) is 4.83. The molecule has 140 valence electrons. The molecule has 2 atom stereocenters. The number of fused-ring (bicyclic) bond motifs is 1. The van der Waals surface area contributed by atoms with Crippen molar-refractivity contribution in [1.82, 2.24) is 10.2 Å².